The molecule has 0 atom stereocenters. The minimum absolute atomic E-state index is 0.0159. The Bertz CT molecular complexity index is 438. The first-order valence-corrected chi connectivity index (χ1v) is 7.41. The Morgan fingerprint density at radius 2 is 1.90 bits per heavy atom. The van der Waals surface area contributed by atoms with E-state index in [0.29, 0.717) is 0 Å². The SMILES string of the molecule is CCN(CCNC(=O)c1ccc(N(C)C)cc1)C1CC1. The van der Waals surface area contributed by atoms with Crippen LogP contribution in [0.25, 0.3) is 0 Å². The number of benzene rings is 1. The number of carbonyl (C=O) groups is 1. The van der Waals surface area contributed by atoms with E-state index in [0.717, 1.165) is 36.9 Å². The van der Waals surface area contributed by atoms with Crippen LogP contribution in [0.4, 0.5) is 5.69 Å². The van der Waals surface area contributed by atoms with E-state index in [2.05, 4.69) is 17.1 Å². The van der Waals surface area contributed by atoms with Crippen LogP contribution in [0.2, 0.25) is 0 Å². The zero-order valence-electron chi connectivity index (χ0n) is 12.7. The lowest BCUT2D eigenvalue weighted by Crippen LogP contribution is -2.36. The van der Waals surface area contributed by atoms with Crippen molar-refractivity contribution in [2.75, 3.05) is 38.6 Å². The lowest BCUT2D eigenvalue weighted by Gasteiger charge is -2.19. The van der Waals surface area contributed by atoms with Gasteiger partial charge in [-0.2, -0.15) is 0 Å². The van der Waals surface area contributed by atoms with Crippen LogP contribution in [0.1, 0.15) is 30.1 Å². The number of rotatable bonds is 7. The minimum Gasteiger partial charge on any atom is -0.378 e. The normalized spacial score (nSPS) is 14.4. The zero-order chi connectivity index (χ0) is 14.5. The number of nitrogens with one attached hydrogen (secondary N) is 1. The van der Waals surface area contributed by atoms with Crippen LogP contribution in [-0.2, 0) is 0 Å². The van der Waals surface area contributed by atoms with Crippen molar-refractivity contribution in [3.8, 4) is 0 Å². The monoisotopic (exact) mass is 275 g/mol. The Labute approximate surface area is 121 Å². The Hall–Kier alpha value is -1.55. The smallest absolute Gasteiger partial charge is 0.251 e. The van der Waals surface area contributed by atoms with E-state index >= 15 is 0 Å². The van der Waals surface area contributed by atoms with Crippen LogP contribution in [0, 0.1) is 0 Å². The van der Waals surface area contributed by atoms with Crippen LogP contribution < -0.4 is 10.2 Å². The highest BCUT2D eigenvalue weighted by Gasteiger charge is 2.27. The first-order chi connectivity index (χ1) is 9.61. The van der Waals surface area contributed by atoms with Gasteiger partial charge in [0.05, 0.1) is 0 Å². The molecule has 1 fully saturated rings. The highest BCUT2D eigenvalue weighted by Crippen LogP contribution is 2.25. The fourth-order valence-electron chi connectivity index (χ4n) is 2.36. The average molecular weight is 275 g/mol. The van der Waals surface area contributed by atoms with E-state index in [1.165, 1.54) is 12.8 Å². The summed E-state index contributed by atoms with van der Waals surface area (Å²) in [6, 6.07) is 8.46. The molecule has 0 spiro atoms. The zero-order valence-corrected chi connectivity index (χ0v) is 12.7. The van der Waals surface area contributed by atoms with Gasteiger partial charge in [-0.05, 0) is 43.7 Å². The fourth-order valence-corrected chi connectivity index (χ4v) is 2.36. The fraction of sp³-hybridized carbons (Fsp3) is 0.562. The van der Waals surface area contributed by atoms with Gasteiger partial charge in [-0.25, -0.2) is 0 Å². The third-order valence-electron chi connectivity index (χ3n) is 3.80. The van der Waals surface area contributed by atoms with Gasteiger partial charge in [-0.3, -0.25) is 9.69 Å². The molecule has 1 N–H and O–H groups in total. The molecule has 4 heteroatoms. The molecule has 1 amide bonds. The molecule has 0 unspecified atom stereocenters. The molecule has 0 radical (unpaired) electrons. The maximum Gasteiger partial charge on any atom is 0.251 e. The molecule has 110 valence electrons. The standard InChI is InChI=1S/C16H25N3O/c1-4-19(15-9-10-15)12-11-17-16(20)13-5-7-14(8-6-13)18(2)3/h5-8,15H,4,9-12H2,1-3H3,(H,17,20). The molecule has 0 aromatic heterocycles. The first kappa shape index (κ1) is 14.9. The highest BCUT2D eigenvalue weighted by atomic mass is 16.1. The second-order valence-corrected chi connectivity index (χ2v) is 5.56. The number of amides is 1. The molecule has 0 saturated heterocycles. The maximum absolute atomic E-state index is 12.0. The predicted octanol–water partition coefficient (Wildman–Crippen LogP) is 1.97. The number of anilines is 1. The van der Waals surface area contributed by atoms with Crippen molar-refractivity contribution in [3.05, 3.63) is 29.8 Å². The largest absolute Gasteiger partial charge is 0.378 e. The van der Waals surface area contributed by atoms with Crippen LogP contribution in [-0.4, -0.2) is 50.6 Å². The van der Waals surface area contributed by atoms with Crippen molar-refractivity contribution in [3.63, 3.8) is 0 Å². The Morgan fingerprint density at radius 1 is 1.25 bits per heavy atom. The van der Waals surface area contributed by atoms with E-state index in [1.807, 2.05) is 43.3 Å². The lowest BCUT2D eigenvalue weighted by atomic mass is 10.2. The van der Waals surface area contributed by atoms with Gasteiger partial charge in [0, 0.05) is 44.5 Å². The maximum atomic E-state index is 12.0. The first-order valence-electron chi connectivity index (χ1n) is 7.41. The molecule has 1 aromatic rings. The summed E-state index contributed by atoms with van der Waals surface area (Å²) in [5.74, 6) is 0.0159. The lowest BCUT2D eigenvalue weighted by molar-refractivity contribution is 0.0948. The van der Waals surface area contributed by atoms with Crippen LogP contribution >= 0.6 is 0 Å². The summed E-state index contributed by atoms with van der Waals surface area (Å²) in [7, 11) is 3.98. The topological polar surface area (TPSA) is 35.6 Å². The van der Waals surface area contributed by atoms with Crippen molar-refractivity contribution in [1.82, 2.24) is 10.2 Å². The molecule has 1 aliphatic carbocycles. The van der Waals surface area contributed by atoms with Crippen LogP contribution in [0.5, 0.6) is 0 Å². The van der Waals surface area contributed by atoms with E-state index in [9.17, 15) is 4.79 Å². The van der Waals surface area contributed by atoms with E-state index in [4.69, 9.17) is 0 Å². The minimum atomic E-state index is 0.0159. The Balaban J connectivity index is 1.79. The molecule has 1 aliphatic rings. The third kappa shape index (κ3) is 3.97. The molecule has 1 aromatic carbocycles. The summed E-state index contributed by atoms with van der Waals surface area (Å²) in [5.41, 5.74) is 1.83. The van der Waals surface area contributed by atoms with Gasteiger partial charge in [0.2, 0.25) is 0 Å². The number of nitrogens with zero attached hydrogens (tertiary/aromatic N) is 2. The molecule has 1 saturated carbocycles. The Morgan fingerprint density at radius 3 is 2.40 bits per heavy atom. The summed E-state index contributed by atoms with van der Waals surface area (Å²) in [4.78, 5) is 16.5. The van der Waals surface area contributed by atoms with Gasteiger partial charge >= 0.3 is 0 Å². The molecule has 0 bridgehead atoms. The van der Waals surface area contributed by atoms with E-state index in [1.54, 1.807) is 0 Å². The molecule has 0 aliphatic heterocycles. The molecule has 4 nitrogen and oxygen atoms in total. The van der Waals surface area contributed by atoms with Crippen molar-refractivity contribution in [2.24, 2.45) is 0 Å². The van der Waals surface area contributed by atoms with Crippen molar-refractivity contribution in [2.45, 2.75) is 25.8 Å². The van der Waals surface area contributed by atoms with Crippen molar-refractivity contribution < 1.29 is 4.79 Å². The third-order valence-corrected chi connectivity index (χ3v) is 3.80. The van der Waals surface area contributed by atoms with Gasteiger partial charge in [-0.1, -0.05) is 6.92 Å². The van der Waals surface area contributed by atoms with Crippen LogP contribution in [0.15, 0.2) is 24.3 Å². The summed E-state index contributed by atoms with van der Waals surface area (Å²) >= 11 is 0. The van der Waals surface area contributed by atoms with Gasteiger partial charge in [-0.15, -0.1) is 0 Å². The Kier molecular flexibility index (Phi) is 5.01. The summed E-state index contributed by atoms with van der Waals surface area (Å²) < 4.78 is 0. The van der Waals surface area contributed by atoms with Crippen molar-refractivity contribution >= 4 is 11.6 Å². The molecular weight excluding hydrogens is 250 g/mol. The quantitative estimate of drug-likeness (QED) is 0.826. The second-order valence-electron chi connectivity index (χ2n) is 5.56. The number of carbonyl (C=O) groups excluding carboxylic acids is 1. The molecule has 0 heterocycles. The van der Waals surface area contributed by atoms with Gasteiger partial charge in [0.25, 0.3) is 5.91 Å². The highest BCUT2D eigenvalue weighted by molar-refractivity contribution is 5.94. The van der Waals surface area contributed by atoms with E-state index in [-0.39, 0.29) is 5.91 Å². The summed E-state index contributed by atoms with van der Waals surface area (Å²) in [5, 5.41) is 3.00. The average Bonchev–Trinajstić information content (AvgIpc) is 3.28. The number of hydrogen-bond acceptors (Lipinski definition) is 3. The number of likely N-dealkylation sites (N-methyl/N-ethyl adjacent to an activating group) is 1. The van der Waals surface area contributed by atoms with E-state index < -0.39 is 0 Å². The van der Waals surface area contributed by atoms with Gasteiger partial charge < -0.3 is 10.2 Å². The second kappa shape index (κ2) is 6.75. The van der Waals surface area contributed by atoms with Crippen LogP contribution in [0.3, 0.4) is 0 Å². The predicted molar refractivity (Wildman–Crippen MR) is 83.4 cm³/mol. The molecule has 2 rings (SSSR count). The number of hydrogen-bond donors (Lipinski definition) is 1. The molecule has 20 heavy (non-hydrogen) atoms. The van der Waals surface area contributed by atoms with Gasteiger partial charge in [0.1, 0.15) is 0 Å². The summed E-state index contributed by atoms with van der Waals surface area (Å²) in [6.45, 7) is 4.92. The van der Waals surface area contributed by atoms with Crippen molar-refractivity contribution in [1.29, 1.82) is 0 Å². The molecular formula is C16H25N3O. The summed E-state index contributed by atoms with van der Waals surface area (Å²) in [6.07, 6.45) is 2.63. The van der Waals surface area contributed by atoms with Gasteiger partial charge in [0.15, 0.2) is 0 Å².